The predicted octanol–water partition coefficient (Wildman–Crippen LogP) is 3.90. The Bertz CT molecular complexity index is 729. The van der Waals surface area contributed by atoms with Crippen molar-refractivity contribution in [3.05, 3.63) is 59.1 Å². The molecule has 2 aromatic rings. The van der Waals surface area contributed by atoms with Crippen molar-refractivity contribution < 1.29 is 9.59 Å². The van der Waals surface area contributed by atoms with E-state index in [1.165, 1.54) is 0 Å². The molecule has 0 heterocycles. The number of carbonyl (C=O) groups is 2. The number of nitrogens with two attached hydrogens (primary N) is 1. The number of rotatable bonds is 6. The van der Waals surface area contributed by atoms with Gasteiger partial charge in [-0.05, 0) is 54.4 Å². The van der Waals surface area contributed by atoms with Gasteiger partial charge in [0.15, 0.2) is 0 Å². The molecule has 0 aliphatic heterocycles. The van der Waals surface area contributed by atoms with Crippen LogP contribution in [0.5, 0.6) is 0 Å². The molecule has 4 N–H and O–H groups in total. The van der Waals surface area contributed by atoms with Crippen LogP contribution in [0.15, 0.2) is 48.5 Å². The van der Waals surface area contributed by atoms with Gasteiger partial charge in [-0.2, -0.15) is 0 Å². The summed E-state index contributed by atoms with van der Waals surface area (Å²) in [4.78, 5) is 24.2. The number of amides is 2. The number of halogens is 1. The minimum absolute atomic E-state index is 0.109. The highest BCUT2D eigenvalue weighted by Crippen LogP contribution is 2.17. The molecule has 0 radical (unpaired) electrons. The fourth-order valence-electron chi connectivity index (χ4n) is 2.18. The van der Waals surface area contributed by atoms with Crippen molar-refractivity contribution in [3.63, 3.8) is 0 Å². The number of carbonyl (C=O) groups excluding carboxylic acids is 2. The lowest BCUT2D eigenvalue weighted by Gasteiger charge is -2.17. The molecular weight excluding hydrogens is 338 g/mol. The lowest BCUT2D eigenvalue weighted by atomic mass is 9.99. The highest BCUT2D eigenvalue weighted by Gasteiger charge is 2.19. The van der Waals surface area contributed by atoms with Gasteiger partial charge < -0.3 is 16.4 Å². The van der Waals surface area contributed by atoms with Crippen LogP contribution in [0.3, 0.4) is 0 Å². The predicted molar refractivity (Wildman–Crippen MR) is 102 cm³/mol. The molecule has 0 saturated heterocycles. The van der Waals surface area contributed by atoms with Gasteiger partial charge in [0.25, 0.3) is 5.91 Å². The Morgan fingerprint density at radius 3 is 2.04 bits per heavy atom. The van der Waals surface area contributed by atoms with Crippen molar-refractivity contribution in [2.75, 3.05) is 10.6 Å². The van der Waals surface area contributed by atoms with E-state index in [2.05, 4.69) is 10.6 Å². The highest BCUT2D eigenvalue weighted by atomic mass is 35.5. The Labute approximate surface area is 152 Å². The van der Waals surface area contributed by atoms with Crippen molar-refractivity contribution in [1.82, 2.24) is 0 Å². The van der Waals surface area contributed by atoms with Gasteiger partial charge >= 0.3 is 0 Å². The molecule has 25 heavy (non-hydrogen) atoms. The van der Waals surface area contributed by atoms with E-state index in [0.29, 0.717) is 22.0 Å². The first-order valence-electron chi connectivity index (χ1n) is 8.14. The molecule has 6 heteroatoms. The Kier molecular flexibility index (Phi) is 6.56. The van der Waals surface area contributed by atoms with Crippen LogP contribution in [-0.4, -0.2) is 17.9 Å². The number of nitrogens with one attached hydrogen (secondary N) is 2. The molecule has 2 amide bonds. The molecule has 2 rings (SSSR count). The second-order valence-electron chi connectivity index (χ2n) is 5.94. The first-order valence-corrected chi connectivity index (χ1v) is 8.52. The molecule has 2 unspecified atom stereocenters. The number of hydrogen-bond acceptors (Lipinski definition) is 3. The van der Waals surface area contributed by atoms with Gasteiger partial charge in [0, 0.05) is 22.0 Å². The van der Waals surface area contributed by atoms with Crippen molar-refractivity contribution in [1.29, 1.82) is 0 Å². The molecule has 2 aromatic carbocycles. The maximum atomic E-state index is 12.1. The van der Waals surface area contributed by atoms with Crippen LogP contribution in [0, 0.1) is 5.92 Å². The summed E-state index contributed by atoms with van der Waals surface area (Å²) in [5, 5.41) is 6.15. The summed E-state index contributed by atoms with van der Waals surface area (Å²) >= 11 is 5.81. The van der Waals surface area contributed by atoms with E-state index < -0.39 is 6.04 Å². The van der Waals surface area contributed by atoms with Crippen LogP contribution in [0.4, 0.5) is 11.4 Å². The van der Waals surface area contributed by atoms with E-state index in [4.69, 9.17) is 17.3 Å². The van der Waals surface area contributed by atoms with Gasteiger partial charge in [-0.1, -0.05) is 31.9 Å². The third kappa shape index (κ3) is 5.31. The molecule has 0 saturated carbocycles. The smallest absolute Gasteiger partial charge is 0.255 e. The first kappa shape index (κ1) is 19.0. The summed E-state index contributed by atoms with van der Waals surface area (Å²) in [7, 11) is 0. The molecule has 132 valence electrons. The van der Waals surface area contributed by atoms with Gasteiger partial charge in [-0.15, -0.1) is 0 Å². The molecule has 0 bridgehead atoms. The summed E-state index contributed by atoms with van der Waals surface area (Å²) in [6.45, 7) is 3.94. The molecule has 5 nitrogen and oxygen atoms in total. The largest absolute Gasteiger partial charge is 0.325 e. The summed E-state index contributed by atoms with van der Waals surface area (Å²) in [6.07, 6.45) is 0.838. The lowest BCUT2D eigenvalue weighted by molar-refractivity contribution is -0.118. The molecule has 0 aliphatic carbocycles. The van der Waals surface area contributed by atoms with E-state index in [-0.39, 0.29) is 17.7 Å². The average molecular weight is 360 g/mol. The lowest BCUT2D eigenvalue weighted by Crippen LogP contribution is -2.40. The zero-order valence-corrected chi connectivity index (χ0v) is 15.0. The quantitative estimate of drug-likeness (QED) is 0.731. The summed E-state index contributed by atoms with van der Waals surface area (Å²) in [6, 6.07) is 13.0. The van der Waals surface area contributed by atoms with Crippen molar-refractivity contribution >= 4 is 34.8 Å². The average Bonchev–Trinajstić information content (AvgIpc) is 2.62. The molecule has 0 aliphatic rings. The van der Waals surface area contributed by atoms with E-state index >= 15 is 0 Å². The molecule has 0 fully saturated rings. The SMILES string of the molecule is CCC(C)C(N)C(=O)Nc1ccc(NC(=O)c2ccc(Cl)cc2)cc1. The normalized spacial score (nSPS) is 13.0. The summed E-state index contributed by atoms with van der Waals surface area (Å²) in [5.74, 6) is -0.336. The zero-order valence-electron chi connectivity index (χ0n) is 14.3. The van der Waals surface area contributed by atoms with Gasteiger partial charge in [0.05, 0.1) is 6.04 Å². The van der Waals surface area contributed by atoms with E-state index in [1.807, 2.05) is 13.8 Å². The third-order valence-electron chi connectivity index (χ3n) is 4.08. The minimum Gasteiger partial charge on any atom is -0.325 e. The van der Waals surface area contributed by atoms with Crippen molar-refractivity contribution in [3.8, 4) is 0 Å². The number of benzene rings is 2. The minimum atomic E-state index is -0.547. The van der Waals surface area contributed by atoms with Crippen LogP contribution in [0.1, 0.15) is 30.6 Å². The van der Waals surface area contributed by atoms with Crippen molar-refractivity contribution in [2.24, 2.45) is 11.7 Å². The Hall–Kier alpha value is -2.37. The van der Waals surface area contributed by atoms with Gasteiger partial charge in [0.2, 0.25) is 5.91 Å². The number of anilines is 2. The van der Waals surface area contributed by atoms with Crippen LogP contribution in [0.2, 0.25) is 5.02 Å². The van der Waals surface area contributed by atoms with Crippen LogP contribution < -0.4 is 16.4 Å². The fraction of sp³-hybridized carbons (Fsp3) is 0.263. The molecule has 0 aromatic heterocycles. The van der Waals surface area contributed by atoms with Crippen LogP contribution >= 0.6 is 11.6 Å². The second-order valence-corrected chi connectivity index (χ2v) is 6.38. The Balaban J connectivity index is 1.96. The Morgan fingerprint density at radius 2 is 1.52 bits per heavy atom. The Morgan fingerprint density at radius 1 is 1.00 bits per heavy atom. The highest BCUT2D eigenvalue weighted by molar-refractivity contribution is 6.30. The zero-order chi connectivity index (χ0) is 18.4. The molecule has 0 spiro atoms. The van der Waals surface area contributed by atoms with E-state index in [9.17, 15) is 9.59 Å². The van der Waals surface area contributed by atoms with Crippen LogP contribution in [-0.2, 0) is 4.79 Å². The van der Waals surface area contributed by atoms with E-state index in [0.717, 1.165) is 6.42 Å². The molecule has 2 atom stereocenters. The van der Waals surface area contributed by atoms with Gasteiger partial charge in [-0.25, -0.2) is 0 Å². The van der Waals surface area contributed by atoms with Crippen LogP contribution in [0.25, 0.3) is 0 Å². The maximum absolute atomic E-state index is 12.1. The van der Waals surface area contributed by atoms with Gasteiger partial charge in [-0.3, -0.25) is 9.59 Å². The number of hydrogen-bond donors (Lipinski definition) is 3. The fourth-order valence-corrected chi connectivity index (χ4v) is 2.31. The van der Waals surface area contributed by atoms with E-state index in [1.54, 1.807) is 48.5 Å². The summed E-state index contributed by atoms with van der Waals surface area (Å²) in [5.41, 5.74) is 7.69. The summed E-state index contributed by atoms with van der Waals surface area (Å²) < 4.78 is 0. The maximum Gasteiger partial charge on any atom is 0.255 e. The van der Waals surface area contributed by atoms with Gasteiger partial charge in [0.1, 0.15) is 0 Å². The first-order chi connectivity index (χ1) is 11.9. The monoisotopic (exact) mass is 359 g/mol. The topological polar surface area (TPSA) is 84.2 Å². The van der Waals surface area contributed by atoms with Crippen molar-refractivity contribution in [2.45, 2.75) is 26.3 Å². The molecular formula is C19H22ClN3O2. The third-order valence-corrected chi connectivity index (χ3v) is 4.33. The standard InChI is InChI=1S/C19H22ClN3O2/c1-3-12(2)17(21)19(25)23-16-10-8-15(9-11-16)22-18(24)13-4-6-14(20)7-5-13/h4-12,17H,3,21H2,1-2H3,(H,22,24)(H,23,25). The second kappa shape index (κ2) is 8.65.